The molecule has 2 aliphatic rings. The molecule has 0 radical (unpaired) electrons. The van der Waals surface area contributed by atoms with Gasteiger partial charge in [-0.2, -0.15) is 17.0 Å². The highest BCUT2D eigenvalue weighted by Gasteiger charge is 2.39. The number of benzene rings is 1. The van der Waals surface area contributed by atoms with Gasteiger partial charge in [0.15, 0.2) is 0 Å². The summed E-state index contributed by atoms with van der Waals surface area (Å²) in [5, 5.41) is 0. The van der Waals surface area contributed by atoms with Crippen LogP contribution in [0.25, 0.3) is 0 Å². The van der Waals surface area contributed by atoms with Crippen LogP contribution in [-0.2, 0) is 28.0 Å². The number of rotatable bonds is 5. The third-order valence-electron chi connectivity index (χ3n) is 6.08. The monoisotopic (exact) mass is 443 g/mol. The van der Waals surface area contributed by atoms with Gasteiger partial charge in [0.05, 0.1) is 12.6 Å². The maximum absolute atomic E-state index is 12.8. The summed E-state index contributed by atoms with van der Waals surface area (Å²) in [7, 11) is -0.512. The highest BCUT2D eigenvalue weighted by Crippen LogP contribution is 2.36. The Kier molecular flexibility index (Phi) is 5.85. The lowest BCUT2D eigenvalue weighted by Gasteiger charge is -2.31. The van der Waals surface area contributed by atoms with Crippen LogP contribution in [0.4, 0.5) is 5.82 Å². The van der Waals surface area contributed by atoms with Gasteiger partial charge in [0.2, 0.25) is 5.91 Å². The molecule has 4 rings (SSSR count). The van der Waals surface area contributed by atoms with E-state index >= 15 is 0 Å². The predicted molar refractivity (Wildman–Crippen MR) is 119 cm³/mol. The van der Waals surface area contributed by atoms with Crippen LogP contribution in [-0.4, -0.2) is 53.5 Å². The van der Waals surface area contributed by atoms with Gasteiger partial charge in [-0.25, -0.2) is 9.97 Å². The van der Waals surface area contributed by atoms with Crippen LogP contribution in [0.3, 0.4) is 0 Å². The Labute approximate surface area is 184 Å². The van der Waals surface area contributed by atoms with Crippen LogP contribution >= 0.6 is 0 Å². The molecular weight excluding hydrogens is 414 g/mol. The molecule has 2 aliphatic heterocycles. The minimum Gasteiger partial charge on any atom is -0.292 e. The zero-order valence-electron chi connectivity index (χ0n) is 18.5. The van der Waals surface area contributed by atoms with E-state index < -0.39 is 16.3 Å². The normalized spacial score (nSPS) is 19.8. The first-order valence-electron chi connectivity index (χ1n) is 10.6. The Bertz CT molecular complexity index is 1100. The van der Waals surface area contributed by atoms with E-state index in [1.807, 2.05) is 38.1 Å². The fourth-order valence-corrected chi connectivity index (χ4v) is 5.58. The van der Waals surface area contributed by atoms with Gasteiger partial charge in [-0.3, -0.25) is 9.69 Å². The molecule has 166 valence electrons. The van der Waals surface area contributed by atoms with E-state index in [1.54, 1.807) is 4.90 Å². The van der Waals surface area contributed by atoms with Crippen LogP contribution in [0.5, 0.6) is 0 Å². The quantitative estimate of drug-likeness (QED) is 0.709. The molecule has 9 heteroatoms. The summed E-state index contributed by atoms with van der Waals surface area (Å²) in [6.07, 6.45) is 2.45. The van der Waals surface area contributed by atoms with E-state index in [0.29, 0.717) is 44.0 Å². The van der Waals surface area contributed by atoms with Crippen molar-refractivity contribution < 1.29 is 13.2 Å². The third kappa shape index (κ3) is 4.09. The number of nitrogens with zero attached hydrogens (tertiary/aromatic N) is 5. The van der Waals surface area contributed by atoms with E-state index in [1.165, 1.54) is 22.7 Å². The highest BCUT2D eigenvalue weighted by atomic mass is 32.2. The molecule has 1 atom stereocenters. The molecule has 0 unspecified atom stereocenters. The molecule has 1 fully saturated rings. The Morgan fingerprint density at radius 3 is 2.48 bits per heavy atom. The number of carbonyl (C=O) groups is 1. The summed E-state index contributed by atoms with van der Waals surface area (Å²) in [5.41, 5.74) is 3.98. The van der Waals surface area contributed by atoms with E-state index in [4.69, 9.17) is 9.97 Å². The van der Waals surface area contributed by atoms with Crippen molar-refractivity contribution >= 4 is 21.9 Å². The first-order chi connectivity index (χ1) is 14.7. The number of anilines is 1. The van der Waals surface area contributed by atoms with E-state index in [2.05, 4.69) is 0 Å². The maximum Gasteiger partial charge on any atom is 0.282 e. The summed E-state index contributed by atoms with van der Waals surface area (Å²) < 4.78 is 28.3. The minimum absolute atomic E-state index is 0.0290. The summed E-state index contributed by atoms with van der Waals surface area (Å²) in [5.74, 6) is 1.12. The minimum atomic E-state index is -3.58. The highest BCUT2D eigenvalue weighted by molar-refractivity contribution is 7.86. The smallest absolute Gasteiger partial charge is 0.282 e. The lowest BCUT2D eigenvalue weighted by atomic mass is 10.0. The predicted octanol–water partition coefficient (Wildman–Crippen LogP) is 2.52. The third-order valence-corrected chi connectivity index (χ3v) is 8.03. The standard InChI is InChI=1S/C22H29N5O3S/c1-15-7-9-17(10-8-15)14-26-20(28)12-11-18-16(2)23-21(24-22(18)26)19-6-5-13-27(19)31(29,30)25(3)4/h7-10,19H,5-6,11-14H2,1-4H3/t19-/m1/s1. The van der Waals surface area contributed by atoms with Crippen LogP contribution in [0, 0.1) is 13.8 Å². The zero-order chi connectivity index (χ0) is 22.3. The second-order valence-corrected chi connectivity index (χ2v) is 10.6. The van der Waals surface area contributed by atoms with Crippen molar-refractivity contribution in [3.05, 3.63) is 52.5 Å². The van der Waals surface area contributed by atoms with Gasteiger partial charge in [0.1, 0.15) is 11.6 Å². The number of aromatic nitrogens is 2. The van der Waals surface area contributed by atoms with Crippen molar-refractivity contribution in [3.63, 3.8) is 0 Å². The molecule has 0 N–H and O–H groups in total. The van der Waals surface area contributed by atoms with Gasteiger partial charge in [-0.15, -0.1) is 0 Å². The number of hydrogen-bond donors (Lipinski definition) is 0. The molecule has 0 bridgehead atoms. The van der Waals surface area contributed by atoms with Crippen molar-refractivity contribution in [2.24, 2.45) is 0 Å². The first kappa shape index (κ1) is 21.9. The molecule has 1 aromatic heterocycles. The number of aryl methyl sites for hydroxylation is 2. The van der Waals surface area contributed by atoms with Gasteiger partial charge >= 0.3 is 0 Å². The Hall–Kier alpha value is -2.36. The number of carbonyl (C=O) groups excluding carboxylic acids is 1. The van der Waals surface area contributed by atoms with Gasteiger partial charge in [0.25, 0.3) is 10.2 Å². The lowest BCUT2D eigenvalue weighted by Crippen LogP contribution is -2.40. The molecule has 1 saturated heterocycles. The molecule has 31 heavy (non-hydrogen) atoms. The van der Waals surface area contributed by atoms with Crippen LogP contribution in [0.1, 0.15) is 53.5 Å². The lowest BCUT2D eigenvalue weighted by molar-refractivity contribution is -0.119. The topological polar surface area (TPSA) is 86.7 Å². The fraction of sp³-hybridized carbons (Fsp3) is 0.500. The maximum atomic E-state index is 12.8. The van der Waals surface area contributed by atoms with E-state index in [-0.39, 0.29) is 5.91 Å². The van der Waals surface area contributed by atoms with Crippen molar-refractivity contribution in [3.8, 4) is 0 Å². The van der Waals surface area contributed by atoms with Crippen molar-refractivity contribution in [2.75, 3.05) is 25.5 Å². The number of amides is 1. The second kappa shape index (κ2) is 8.29. The molecule has 8 nitrogen and oxygen atoms in total. The zero-order valence-corrected chi connectivity index (χ0v) is 19.3. The van der Waals surface area contributed by atoms with Gasteiger partial charge in [0, 0.05) is 38.3 Å². The SMILES string of the molecule is Cc1ccc(CN2C(=O)CCc3c(C)nc([C@H]4CCCN4S(=O)(=O)N(C)C)nc32)cc1. The molecule has 0 aliphatic carbocycles. The summed E-state index contributed by atoms with van der Waals surface area (Å²) in [6.45, 7) is 4.83. The van der Waals surface area contributed by atoms with Crippen LogP contribution in [0.2, 0.25) is 0 Å². The first-order valence-corrected chi connectivity index (χ1v) is 12.0. The average molecular weight is 444 g/mol. The van der Waals surface area contributed by atoms with E-state index in [0.717, 1.165) is 28.8 Å². The van der Waals surface area contributed by atoms with E-state index in [9.17, 15) is 13.2 Å². The molecule has 0 spiro atoms. The average Bonchev–Trinajstić information content (AvgIpc) is 3.22. The Balaban J connectivity index is 1.73. The molecule has 1 amide bonds. The summed E-state index contributed by atoms with van der Waals surface area (Å²) in [6, 6.07) is 7.69. The molecule has 2 aromatic rings. The largest absolute Gasteiger partial charge is 0.292 e. The van der Waals surface area contributed by atoms with Crippen LogP contribution in [0.15, 0.2) is 24.3 Å². The summed E-state index contributed by atoms with van der Waals surface area (Å²) >= 11 is 0. The summed E-state index contributed by atoms with van der Waals surface area (Å²) in [4.78, 5) is 24.1. The number of hydrogen-bond acceptors (Lipinski definition) is 5. The molecule has 1 aromatic carbocycles. The molecule has 0 saturated carbocycles. The van der Waals surface area contributed by atoms with Crippen molar-refractivity contribution in [1.29, 1.82) is 0 Å². The Morgan fingerprint density at radius 1 is 1.10 bits per heavy atom. The van der Waals surface area contributed by atoms with Crippen molar-refractivity contribution in [1.82, 2.24) is 18.6 Å². The molecular formula is C22H29N5O3S. The van der Waals surface area contributed by atoms with Gasteiger partial charge in [-0.05, 0) is 38.7 Å². The van der Waals surface area contributed by atoms with Crippen molar-refractivity contribution in [2.45, 2.75) is 52.1 Å². The van der Waals surface area contributed by atoms with Gasteiger partial charge < -0.3 is 0 Å². The van der Waals surface area contributed by atoms with Gasteiger partial charge in [-0.1, -0.05) is 29.8 Å². The molecule has 3 heterocycles. The fourth-order valence-electron chi connectivity index (χ4n) is 4.28. The van der Waals surface area contributed by atoms with Crippen LogP contribution < -0.4 is 4.90 Å². The Morgan fingerprint density at radius 2 is 1.81 bits per heavy atom. The number of fused-ring (bicyclic) bond motifs is 1. The second-order valence-electron chi connectivity index (χ2n) is 8.49.